The summed E-state index contributed by atoms with van der Waals surface area (Å²) in [5.74, 6) is 0. The Hall–Kier alpha value is -4.17. The Balaban J connectivity index is 1.44. The molecule has 2 aromatic heterocycles. The molecule has 0 atom stereocenters. The molecule has 2 nitrogen and oxygen atoms in total. The van der Waals surface area contributed by atoms with Crippen LogP contribution in [0.3, 0.4) is 0 Å². The lowest BCUT2D eigenvalue weighted by Crippen LogP contribution is -1.87. The maximum atomic E-state index is 4.91. The summed E-state index contributed by atoms with van der Waals surface area (Å²) < 4.78 is 0. The van der Waals surface area contributed by atoms with Gasteiger partial charge in [-0.3, -0.25) is 0 Å². The minimum absolute atomic E-state index is 0.979. The Morgan fingerprint density at radius 2 is 1.10 bits per heavy atom. The van der Waals surface area contributed by atoms with Crippen LogP contribution in [0.5, 0.6) is 0 Å². The molecule has 2 heterocycles. The van der Waals surface area contributed by atoms with E-state index in [4.69, 9.17) is 4.98 Å². The number of pyridine rings is 1. The van der Waals surface area contributed by atoms with Crippen molar-refractivity contribution in [2.24, 2.45) is 0 Å². The molecule has 0 saturated carbocycles. The van der Waals surface area contributed by atoms with Crippen molar-refractivity contribution in [3.63, 3.8) is 0 Å². The standard InChI is InChI=1S/C29H20N2/c1-3-8-20(9-4-1)22-15-17-28-25(18-22)24-16-14-23(19-29(24)31-28)27-13-7-12-26(30-27)21-10-5-2-6-11-21/h1-19,31H. The summed E-state index contributed by atoms with van der Waals surface area (Å²) in [6, 6.07) is 40.2. The van der Waals surface area contributed by atoms with Crippen LogP contribution in [-0.4, -0.2) is 9.97 Å². The van der Waals surface area contributed by atoms with Gasteiger partial charge in [0.25, 0.3) is 0 Å². The van der Waals surface area contributed by atoms with Gasteiger partial charge in [0.2, 0.25) is 0 Å². The zero-order valence-corrected chi connectivity index (χ0v) is 16.9. The molecule has 0 aliphatic heterocycles. The van der Waals surface area contributed by atoms with E-state index in [1.807, 2.05) is 18.2 Å². The van der Waals surface area contributed by atoms with Crippen LogP contribution in [-0.2, 0) is 0 Å². The second kappa shape index (κ2) is 7.26. The van der Waals surface area contributed by atoms with E-state index in [0.29, 0.717) is 0 Å². The molecule has 0 amide bonds. The third-order valence-corrected chi connectivity index (χ3v) is 5.82. The quantitative estimate of drug-likeness (QED) is 0.326. The summed E-state index contributed by atoms with van der Waals surface area (Å²) in [6.45, 7) is 0. The highest BCUT2D eigenvalue weighted by molar-refractivity contribution is 6.09. The lowest BCUT2D eigenvalue weighted by Gasteiger charge is -2.05. The van der Waals surface area contributed by atoms with E-state index in [0.717, 1.165) is 33.5 Å². The molecule has 0 fully saturated rings. The molecule has 0 aliphatic carbocycles. The molecule has 1 N–H and O–H groups in total. The summed E-state index contributed by atoms with van der Waals surface area (Å²) in [5.41, 5.74) is 8.95. The fourth-order valence-electron chi connectivity index (χ4n) is 4.24. The molecule has 31 heavy (non-hydrogen) atoms. The Morgan fingerprint density at radius 3 is 1.87 bits per heavy atom. The SMILES string of the molecule is c1ccc(-c2ccc3[nH]c4cc(-c5cccc(-c6ccccc6)n5)ccc4c3c2)cc1. The van der Waals surface area contributed by atoms with E-state index in [1.165, 1.54) is 21.9 Å². The van der Waals surface area contributed by atoms with Crippen molar-refractivity contribution in [3.8, 4) is 33.6 Å². The minimum Gasteiger partial charge on any atom is -0.354 e. The first-order chi connectivity index (χ1) is 15.3. The maximum absolute atomic E-state index is 4.91. The monoisotopic (exact) mass is 396 g/mol. The summed E-state index contributed by atoms with van der Waals surface area (Å²) >= 11 is 0. The van der Waals surface area contributed by atoms with Crippen LogP contribution >= 0.6 is 0 Å². The van der Waals surface area contributed by atoms with Gasteiger partial charge in [0.15, 0.2) is 0 Å². The van der Waals surface area contributed by atoms with Crippen molar-refractivity contribution in [3.05, 3.63) is 115 Å². The van der Waals surface area contributed by atoms with Gasteiger partial charge < -0.3 is 4.98 Å². The van der Waals surface area contributed by atoms with Crippen molar-refractivity contribution >= 4 is 21.8 Å². The van der Waals surface area contributed by atoms with Gasteiger partial charge >= 0.3 is 0 Å². The van der Waals surface area contributed by atoms with Gasteiger partial charge in [0.1, 0.15) is 0 Å². The van der Waals surface area contributed by atoms with Crippen molar-refractivity contribution < 1.29 is 0 Å². The van der Waals surface area contributed by atoms with Gasteiger partial charge in [-0.05, 0) is 41.5 Å². The first-order valence-corrected chi connectivity index (χ1v) is 10.5. The Morgan fingerprint density at radius 1 is 0.419 bits per heavy atom. The van der Waals surface area contributed by atoms with E-state index < -0.39 is 0 Å². The average Bonchev–Trinajstić information content (AvgIpc) is 3.22. The molecule has 0 aliphatic rings. The Bertz CT molecular complexity index is 1510. The molecule has 4 aromatic carbocycles. The lowest BCUT2D eigenvalue weighted by atomic mass is 10.0. The van der Waals surface area contributed by atoms with Crippen LogP contribution in [0, 0.1) is 0 Å². The smallest absolute Gasteiger partial charge is 0.0710 e. The second-order valence-corrected chi connectivity index (χ2v) is 7.79. The van der Waals surface area contributed by atoms with Gasteiger partial charge in [0, 0.05) is 32.9 Å². The Labute approximate surface area is 180 Å². The van der Waals surface area contributed by atoms with Crippen LogP contribution in [0.4, 0.5) is 0 Å². The molecule has 0 unspecified atom stereocenters. The molecular formula is C29H20N2. The summed E-state index contributed by atoms with van der Waals surface area (Å²) in [4.78, 5) is 8.50. The third-order valence-electron chi connectivity index (χ3n) is 5.82. The number of hydrogen-bond donors (Lipinski definition) is 1. The molecule has 6 aromatic rings. The first kappa shape index (κ1) is 17.7. The van der Waals surface area contributed by atoms with Crippen LogP contribution in [0.2, 0.25) is 0 Å². The van der Waals surface area contributed by atoms with E-state index in [1.54, 1.807) is 0 Å². The number of aromatic amines is 1. The number of aromatic nitrogens is 2. The second-order valence-electron chi connectivity index (χ2n) is 7.79. The number of nitrogens with zero attached hydrogens (tertiary/aromatic N) is 1. The van der Waals surface area contributed by atoms with Crippen molar-refractivity contribution in [2.75, 3.05) is 0 Å². The van der Waals surface area contributed by atoms with Crippen molar-refractivity contribution in [1.82, 2.24) is 9.97 Å². The predicted octanol–water partition coefficient (Wildman–Crippen LogP) is 7.72. The van der Waals surface area contributed by atoms with Crippen LogP contribution in [0.15, 0.2) is 115 Å². The fourth-order valence-corrected chi connectivity index (χ4v) is 4.24. The van der Waals surface area contributed by atoms with Crippen LogP contribution < -0.4 is 0 Å². The highest BCUT2D eigenvalue weighted by Crippen LogP contribution is 2.32. The normalized spacial score (nSPS) is 11.2. The zero-order valence-electron chi connectivity index (χ0n) is 16.9. The number of H-pyrrole nitrogens is 1. The highest BCUT2D eigenvalue weighted by atomic mass is 14.7. The van der Waals surface area contributed by atoms with Gasteiger partial charge in [-0.25, -0.2) is 4.98 Å². The van der Waals surface area contributed by atoms with Gasteiger partial charge in [-0.15, -0.1) is 0 Å². The van der Waals surface area contributed by atoms with Crippen LogP contribution in [0.25, 0.3) is 55.4 Å². The van der Waals surface area contributed by atoms with Crippen LogP contribution in [0.1, 0.15) is 0 Å². The number of nitrogens with one attached hydrogen (secondary N) is 1. The number of rotatable bonds is 3. The number of benzene rings is 4. The van der Waals surface area contributed by atoms with Gasteiger partial charge in [-0.1, -0.05) is 84.9 Å². The third kappa shape index (κ3) is 3.19. The van der Waals surface area contributed by atoms with Crippen molar-refractivity contribution in [1.29, 1.82) is 0 Å². The topological polar surface area (TPSA) is 28.7 Å². The zero-order chi connectivity index (χ0) is 20.6. The molecule has 0 bridgehead atoms. The fraction of sp³-hybridized carbons (Fsp3) is 0. The Kier molecular flexibility index (Phi) is 4.14. The molecule has 146 valence electrons. The predicted molar refractivity (Wildman–Crippen MR) is 130 cm³/mol. The summed E-state index contributed by atoms with van der Waals surface area (Å²) in [6.07, 6.45) is 0. The van der Waals surface area contributed by atoms with E-state index >= 15 is 0 Å². The van der Waals surface area contributed by atoms with Crippen molar-refractivity contribution in [2.45, 2.75) is 0 Å². The number of hydrogen-bond acceptors (Lipinski definition) is 1. The van der Waals surface area contributed by atoms with E-state index in [9.17, 15) is 0 Å². The lowest BCUT2D eigenvalue weighted by molar-refractivity contribution is 1.32. The summed E-state index contributed by atoms with van der Waals surface area (Å²) in [5, 5.41) is 2.48. The largest absolute Gasteiger partial charge is 0.354 e. The van der Waals surface area contributed by atoms with E-state index in [-0.39, 0.29) is 0 Å². The highest BCUT2D eigenvalue weighted by Gasteiger charge is 2.09. The maximum Gasteiger partial charge on any atom is 0.0710 e. The number of fused-ring (bicyclic) bond motifs is 3. The summed E-state index contributed by atoms with van der Waals surface area (Å²) in [7, 11) is 0. The molecular weight excluding hydrogens is 376 g/mol. The minimum atomic E-state index is 0.979. The molecule has 0 saturated heterocycles. The molecule has 6 rings (SSSR count). The van der Waals surface area contributed by atoms with Gasteiger partial charge in [0.05, 0.1) is 11.4 Å². The van der Waals surface area contributed by atoms with E-state index in [2.05, 4.69) is 102 Å². The molecule has 2 heteroatoms. The van der Waals surface area contributed by atoms with Gasteiger partial charge in [-0.2, -0.15) is 0 Å². The molecule has 0 spiro atoms. The first-order valence-electron chi connectivity index (χ1n) is 10.5. The average molecular weight is 396 g/mol. The molecule has 0 radical (unpaired) electrons.